The maximum Gasteiger partial charge on any atom is 0.231 e. The molecule has 0 spiro atoms. The van der Waals surface area contributed by atoms with Gasteiger partial charge in [0, 0.05) is 17.5 Å². The molecule has 0 bridgehead atoms. The van der Waals surface area contributed by atoms with E-state index in [0.29, 0.717) is 23.2 Å². The second-order valence-electron chi connectivity index (χ2n) is 4.46. The number of halogens is 1. The first-order valence-corrected chi connectivity index (χ1v) is 6.27. The Hall–Kier alpha value is -1.39. The van der Waals surface area contributed by atoms with Crippen LogP contribution < -0.4 is 5.73 Å². The molecule has 0 saturated carbocycles. The summed E-state index contributed by atoms with van der Waals surface area (Å²) in [6.45, 7) is 3.89. The van der Waals surface area contributed by atoms with E-state index in [1.807, 2.05) is 38.1 Å². The van der Waals surface area contributed by atoms with Crippen molar-refractivity contribution in [2.24, 2.45) is 5.73 Å². The third-order valence-corrected chi connectivity index (χ3v) is 3.34. The number of benzene rings is 1. The Morgan fingerprint density at radius 3 is 2.72 bits per heavy atom. The molecular formula is C13H16ClN3O. The highest BCUT2D eigenvalue weighted by molar-refractivity contribution is 6.31. The molecule has 4 nitrogen and oxygen atoms in total. The van der Waals surface area contributed by atoms with Gasteiger partial charge in [-0.3, -0.25) is 0 Å². The summed E-state index contributed by atoms with van der Waals surface area (Å²) in [5.41, 5.74) is 6.79. The lowest BCUT2D eigenvalue weighted by Crippen LogP contribution is -2.22. The lowest BCUT2D eigenvalue weighted by Gasteiger charge is -2.09. The summed E-state index contributed by atoms with van der Waals surface area (Å²) in [5, 5.41) is 4.67. The van der Waals surface area contributed by atoms with Gasteiger partial charge in [0.05, 0.1) is 5.92 Å². The van der Waals surface area contributed by atoms with Crippen LogP contribution in [0.3, 0.4) is 0 Å². The van der Waals surface area contributed by atoms with Crippen LogP contribution in [0.1, 0.15) is 37.0 Å². The van der Waals surface area contributed by atoms with Crippen molar-refractivity contribution in [3.8, 4) is 0 Å². The Bertz CT molecular complexity index is 524. The monoisotopic (exact) mass is 265 g/mol. The normalized spacial score (nSPS) is 14.4. The van der Waals surface area contributed by atoms with Gasteiger partial charge in [-0.15, -0.1) is 0 Å². The van der Waals surface area contributed by atoms with Crippen LogP contribution >= 0.6 is 11.6 Å². The van der Waals surface area contributed by atoms with E-state index in [0.717, 1.165) is 5.56 Å². The molecule has 2 unspecified atom stereocenters. The van der Waals surface area contributed by atoms with Crippen LogP contribution in [-0.4, -0.2) is 16.2 Å². The van der Waals surface area contributed by atoms with Crippen LogP contribution in [0.25, 0.3) is 0 Å². The Kier molecular flexibility index (Phi) is 3.99. The van der Waals surface area contributed by atoms with E-state index < -0.39 is 0 Å². The van der Waals surface area contributed by atoms with Gasteiger partial charge < -0.3 is 10.3 Å². The van der Waals surface area contributed by atoms with Gasteiger partial charge in [0.25, 0.3) is 0 Å². The van der Waals surface area contributed by atoms with Crippen LogP contribution in [0, 0.1) is 0 Å². The molecule has 1 aromatic carbocycles. The Morgan fingerprint density at radius 1 is 1.33 bits per heavy atom. The van der Waals surface area contributed by atoms with Crippen molar-refractivity contribution in [3.05, 3.63) is 46.6 Å². The van der Waals surface area contributed by atoms with Gasteiger partial charge in [0.15, 0.2) is 5.82 Å². The smallest absolute Gasteiger partial charge is 0.231 e. The fourth-order valence-corrected chi connectivity index (χ4v) is 1.76. The molecule has 0 saturated heterocycles. The molecule has 1 aromatic heterocycles. The molecular weight excluding hydrogens is 250 g/mol. The first-order chi connectivity index (χ1) is 8.58. The predicted octanol–water partition coefficient (Wildman–Crippen LogP) is 2.76. The minimum absolute atomic E-state index is 0.0152. The number of nitrogens with zero attached hydrogens (tertiary/aromatic N) is 2. The second-order valence-corrected chi connectivity index (χ2v) is 4.87. The van der Waals surface area contributed by atoms with E-state index in [4.69, 9.17) is 21.9 Å². The molecule has 96 valence electrons. The van der Waals surface area contributed by atoms with Crippen molar-refractivity contribution in [1.82, 2.24) is 10.1 Å². The second kappa shape index (κ2) is 5.50. The van der Waals surface area contributed by atoms with Crippen LogP contribution in [-0.2, 0) is 6.42 Å². The third-order valence-electron chi connectivity index (χ3n) is 2.97. The molecule has 0 aliphatic heterocycles. The summed E-state index contributed by atoms with van der Waals surface area (Å²) in [6.07, 6.45) is 0.564. The van der Waals surface area contributed by atoms with E-state index >= 15 is 0 Å². The van der Waals surface area contributed by atoms with Crippen LogP contribution in [0.4, 0.5) is 0 Å². The summed E-state index contributed by atoms with van der Waals surface area (Å²) in [6, 6.07) is 7.62. The minimum Gasteiger partial charge on any atom is -0.339 e. The van der Waals surface area contributed by atoms with Gasteiger partial charge in [-0.1, -0.05) is 41.9 Å². The fourth-order valence-electron chi connectivity index (χ4n) is 1.56. The highest BCUT2D eigenvalue weighted by Gasteiger charge is 2.18. The van der Waals surface area contributed by atoms with Gasteiger partial charge in [-0.25, -0.2) is 0 Å². The first-order valence-electron chi connectivity index (χ1n) is 5.89. The fraction of sp³-hybridized carbons (Fsp3) is 0.385. The van der Waals surface area contributed by atoms with E-state index in [2.05, 4.69) is 10.1 Å². The van der Waals surface area contributed by atoms with Crippen molar-refractivity contribution in [2.45, 2.75) is 32.2 Å². The number of rotatable bonds is 4. The maximum absolute atomic E-state index is 6.09. The van der Waals surface area contributed by atoms with E-state index in [1.54, 1.807) is 0 Å². The predicted molar refractivity (Wildman–Crippen MR) is 70.6 cm³/mol. The lowest BCUT2D eigenvalue weighted by atomic mass is 10.1. The van der Waals surface area contributed by atoms with Crippen molar-refractivity contribution in [2.75, 3.05) is 0 Å². The molecule has 0 fully saturated rings. The van der Waals surface area contributed by atoms with Gasteiger partial charge in [0.1, 0.15) is 0 Å². The van der Waals surface area contributed by atoms with E-state index in [9.17, 15) is 0 Å². The quantitative estimate of drug-likeness (QED) is 0.923. The Labute approximate surface area is 111 Å². The molecule has 0 amide bonds. The Balaban J connectivity index is 2.14. The van der Waals surface area contributed by atoms with Crippen molar-refractivity contribution in [3.63, 3.8) is 0 Å². The van der Waals surface area contributed by atoms with Crippen LogP contribution in [0.2, 0.25) is 5.02 Å². The number of hydrogen-bond acceptors (Lipinski definition) is 4. The van der Waals surface area contributed by atoms with E-state index in [1.165, 1.54) is 0 Å². The maximum atomic E-state index is 6.09. The van der Waals surface area contributed by atoms with Gasteiger partial charge in [-0.05, 0) is 18.6 Å². The van der Waals surface area contributed by atoms with Crippen LogP contribution in [0.15, 0.2) is 28.8 Å². The Morgan fingerprint density at radius 2 is 2.06 bits per heavy atom. The summed E-state index contributed by atoms with van der Waals surface area (Å²) < 4.78 is 5.22. The topological polar surface area (TPSA) is 64.9 Å². The molecule has 0 aliphatic carbocycles. The summed E-state index contributed by atoms with van der Waals surface area (Å²) in [5.74, 6) is 1.26. The molecule has 2 N–H and O–H groups in total. The number of hydrogen-bond donors (Lipinski definition) is 1. The van der Waals surface area contributed by atoms with Gasteiger partial charge in [0.2, 0.25) is 5.89 Å². The molecule has 0 radical (unpaired) electrons. The van der Waals surface area contributed by atoms with E-state index in [-0.39, 0.29) is 12.0 Å². The number of nitrogens with two attached hydrogens (primary N) is 1. The van der Waals surface area contributed by atoms with Gasteiger partial charge in [-0.2, -0.15) is 4.98 Å². The SMILES string of the molecule is CC(N)C(C)c1nc(Cc2ccccc2Cl)no1. The zero-order valence-corrected chi connectivity index (χ0v) is 11.2. The zero-order valence-electron chi connectivity index (χ0n) is 10.4. The lowest BCUT2D eigenvalue weighted by molar-refractivity contribution is 0.343. The van der Waals surface area contributed by atoms with Crippen molar-refractivity contribution < 1.29 is 4.52 Å². The third kappa shape index (κ3) is 2.89. The molecule has 5 heteroatoms. The molecule has 2 aromatic rings. The molecule has 2 rings (SSSR count). The summed E-state index contributed by atoms with van der Waals surface area (Å²) in [7, 11) is 0. The average molecular weight is 266 g/mol. The highest BCUT2D eigenvalue weighted by Crippen LogP contribution is 2.20. The van der Waals surface area contributed by atoms with Crippen LogP contribution in [0.5, 0.6) is 0 Å². The summed E-state index contributed by atoms with van der Waals surface area (Å²) in [4.78, 5) is 4.35. The average Bonchev–Trinajstić information content (AvgIpc) is 2.79. The summed E-state index contributed by atoms with van der Waals surface area (Å²) >= 11 is 6.09. The van der Waals surface area contributed by atoms with Crippen molar-refractivity contribution >= 4 is 11.6 Å². The molecule has 0 aliphatic rings. The molecule has 1 heterocycles. The largest absolute Gasteiger partial charge is 0.339 e. The minimum atomic E-state index is -0.0152. The zero-order chi connectivity index (χ0) is 13.1. The molecule has 2 atom stereocenters. The molecule has 18 heavy (non-hydrogen) atoms. The van der Waals surface area contributed by atoms with Gasteiger partial charge >= 0.3 is 0 Å². The number of aromatic nitrogens is 2. The standard InChI is InChI=1S/C13H16ClN3O/c1-8(9(2)15)13-16-12(17-18-13)7-10-5-3-4-6-11(10)14/h3-6,8-9H,7,15H2,1-2H3. The first kappa shape index (κ1) is 13.1. The van der Waals surface area contributed by atoms with Crippen molar-refractivity contribution in [1.29, 1.82) is 0 Å². The highest BCUT2D eigenvalue weighted by atomic mass is 35.5.